The number of nitrogens with one attached hydrogen (secondary N) is 1. The van der Waals surface area contributed by atoms with Gasteiger partial charge in [-0.25, -0.2) is 0 Å². The molecular weight excluding hydrogens is 222 g/mol. The lowest BCUT2D eigenvalue weighted by atomic mass is 9.83. The van der Waals surface area contributed by atoms with Crippen molar-refractivity contribution >= 4 is 0 Å². The Balaban J connectivity index is 1.62. The first-order valence-corrected chi connectivity index (χ1v) is 7.50. The van der Waals surface area contributed by atoms with E-state index in [1.54, 1.807) is 0 Å². The smallest absolute Gasteiger partial charge is 0.0492 e. The molecule has 0 amide bonds. The Hall–Kier alpha value is -0.830. The molecule has 0 unspecified atom stereocenters. The lowest BCUT2D eigenvalue weighted by Gasteiger charge is -2.29. The lowest BCUT2D eigenvalue weighted by Crippen LogP contribution is -2.34. The second kappa shape index (κ2) is 6.93. The number of aromatic nitrogens is 2. The van der Waals surface area contributed by atoms with Gasteiger partial charge in [-0.05, 0) is 37.7 Å². The third-order valence-corrected chi connectivity index (χ3v) is 4.28. The van der Waals surface area contributed by atoms with Crippen LogP contribution in [0, 0.1) is 5.92 Å². The number of nitrogens with zero attached hydrogens (tertiary/aromatic N) is 2. The second-order valence-electron chi connectivity index (χ2n) is 5.66. The van der Waals surface area contributed by atoms with Gasteiger partial charge >= 0.3 is 0 Å². The molecule has 1 aliphatic rings. The largest absolute Gasteiger partial charge is 0.314 e. The average molecular weight is 249 g/mol. The lowest BCUT2D eigenvalue weighted by molar-refractivity contribution is 0.279. The van der Waals surface area contributed by atoms with E-state index < -0.39 is 0 Å². The summed E-state index contributed by atoms with van der Waals surface area (Å²) in [6.45, 7) is 3.39. The van der Waals surface area contributed by atoms with Gasteiger partial charge < -0.3 is 5.32 Å². The maximum atomic E-state index is 4.20. The van der Waals surface area contributed by atoms with E-state index in [2.05, 4.69) is 23.4 Å². The van der Waals surface area contributed by atoms with Crippen LogP contribution in [0.3, 0.4) is 0 Å². The van der Waals surface area contributed by atoms with Crippen LogP contribution in [0.15, 0.2) is 12.3 Å². The molecule has 2 rings (SSSR count). The molecule has 0 aromatic carbocycles. The number of aryl methyl sites for hydroxylation is 1. The molecule has 0 saturated heterocycles. The van der Waals surface area contributed by atoms with E-state index >= 15 is 0 Å². The zero-order chi connectivity index (χ0) is 12.8. The molecule has 0 aliphatic heterocycles. The molecule has 0 bridgehead atoms. The molecule has 1 N–H and O–H groups in total. The Morgan fingerprint density at radius 1 is 1.33 bits per heavy atom. The standard InChI is InChI=1S/C15H27N3/c1-3-4-13-5-7-14(8-6-13)16-11-9-15-10-12-17-18(15)2/h10,12-14,16H,3-9,11H2,1-2H3. The number of rotatable bonds is 6. The van der Waals surface area contributed by atoms with Crippen LogP contribution in [0.1, 0.15) is 51.1 Å². The summed E-state index contributed by atoms with van der Waals surface area (Å²) in [6, 6.07) is 2.87. The highest BCUT2D eigenvalue weighted by molar-refractivity contribution is 5.00. The van der Waals surface area contributed by atoms with Crippen LogP contribution in [0.2, 0.25) is 0 Å². The Kier molecular flexibility index (Phi) is 5.24. The molecule has 3 heteroatoms. The minimum absolute atomic E-state index is 0.756. The number of hydrogen-bond acceptors (Lipinski definition) is 2. The number of hydrogen-bond donors (Lipinski definition) is 1. The molecule has 1 saturated carbocycles. The topological polar surface area (TPSA) is 29.9 Å². The van der Waals surface area contributed by atoms with E-state index in [0.29, 0.717) is 0 Å². The van der Waals surface area contributed by atoms with Crippen LogP contribution >= 0.6 is 0 Å². The van der Waals surface area contributed by atoms with Gasteiger partial charge in [0.1, 0.15) is 0 Å². The summed E-state index contributed by atoms with van der Waals surface area (Å²) >= 11 is 0. The summed E-state index contributed by atoms with van der Waals surface area (Å²) in [4.78, 5) is 0. The summed E-state index contributed by atoms with van der Waals surface area (Å²) in [5.74, 6) is 1.00. The van der Waals surface area contributed by atoms with Crippen LogP contribution in [0.25, 0.3) is 0 Å². The van der Waals surface area contributed by atoms with Crippen LogP contribution in [0.5, 0.6) is 0 Å². The molecule has 1 aliphatic carbocycles. The summed E-state index contributed by atoms with van der Waals surface area (Å²) in [5.41, 5.74) is 1.32. The SMILES string of the molecule is CCCC1CCC(NCCc2ccnn2C)CC1. The van der Waals surface area contributed by atoms with Crippen LogP contribution in [0.4, 0.5) is 0 Å². The fourth-order valence-electron chi connectivity index (χ4n) is 3.11. The van der Waals surface area contributed by atoms with Crippen molar-refractivity contribution in [2.24, 2.45) is 13.0 Å². The van der Waals surface area contributed by atoms with E-state index in [-0.39, 0.29) is 0 Å². The van der Waals surface area contributed by atoms with Crippen LogP contribution in [-0.2, 0) is 13.5 Å². The monoisotopic (exact) mass is 249 g/mol. The highest BCUT2D eigenvalue weighted by Crippen LogP contribution is 2.27. The average Bonchev–Trinajstić information content (AvgIpc) is 2.78. The van der Waals surface area contributed by atoms with E-state index in [4.69, 9.17) is 0 Å². The first kappa shape index (κ1) is 13.6. The summed E-state index contributed by atoms with van der Waals surface area (Å²) in [7, 11) is 2.02. The Labute approximate surface area is 111 Å². The molecule has 1 aromatic rings. The molecule has 0 spiro atoms. The van der Waals surface area contributed by atoms with Gasteiger partial charge in [0.25, 0.3) is 0 Å². The fourth-order valence-corrected chi connectivity index (χ4v) is 3.11. The molecule has 18 heavy (non-hydrogen) atoms. The third-order valence-electron chi connectivity index (χ3n) is 4.28. The third kappa shape index (κ3) is 3.84. The Morgan fingerprint density at radius 3 is 2.72 bits per heavy atom. The minimum atomic E-state index is 0.756. The molecular formula is C15H27N3. The van der Waals surface area contributed by atoms with Crippen molar-refractivity contribution in [2.45, 2.75) is 57.9 Å². The fraction of sp³-hybridized carbons (Fsp3) is 0.800. The van der Waals surface area contributed by atoms with Crippen molar-refractivity contribution < 1.29 is 0 Å². The quantitative estimate of drug-likeness (QED) is 0.840. The van der Waals surface area contributed by atoms with Crippen LogP contribution < -0.4 is 5.32 Å². The zero-order valence-corrected chi connectivity index (χ0v) is 11.9. The normalized spacial score (nSPS) is 24.3. The molecule has 1 aromatic heterocycles. The zero-order valence-electron chi connectivity index (χ0n) is 11.9. The van der Waals surface area contributed by atoms with Crippen molar-refractivity contribution in [3.63, 3.8) is 0 Å². The van der Waals surface area contributed by atoms with E-state index in [1.165, 1.54) is 44.2 Å². The Morgan fingerprint density at radius 2 is 2.11 bits per heavy atom. The van der Waals surface area contributed by atoms with Crippen molar-refractivity contribution in [1.82, 2.24) is 15.1 Å². The Bertz CT molecular complexity index is 337. The summed E-state index contributed by atoms with van der Waals surface area (Å²) in [6.07, 6.45) is 11.3. The van der Waals surface area contributed by atoms with E-state index in [0.717, 1.165) is 24.9 Å². The van der Waals surface area contributed by atoms with Gasteiger partial charge in [0.2, 0.25) is 0 Å². The maximum Gasteiger partial charge on any atom is 0.0492 e. The molecule has 0 atom stereocenters. The van der Waals surface area contributed by atoms with E-state index in [1.807, 2.05) is 17.9 Å². The predicted molar refractivity (Wildman–Crippen MR) is 75.6 cm³/mol. The minimum Gasteiger partial charge on any atom is -0.314 e. The van der Waals surface area contributed by atoms with Gasteiger partial charge in [0.15, 0.2) is 0 Å². The highest BCUT2D eigenvalue weighted by Gasteiger charge is 2.19. The second-order valence-corrected chi connectivity index (χ2v) is 5.66. The molecule has 1 fully saturated rings. The van der Waals surface area contributed by atoms with Gasteiger partial charge in [-0.3, -0.25) is 4.68 Å². The van der Waals surface area contributed by atoms with Gasteiger partial charge in [0, 0.05) is 37.9 Å². The highest BCUT2D eigenvalue weighted by atomic mass is 15.3. The first-order valence-electron chi connectivity index (χ1n) is 7.50. The molecule has 3 nitrogen and oxygen atoms in total. The summed E-state index contributed by atoms with van der Waals surface area (Å²) < 4.78 is 1.97. The summed E-state index contributed by atoms with van der Waals surface area (Å²) in [5, 5.41) is 7.91. The molecule has 1 heterocycles. The van der Waals surface area contributed by atoms with Crippen LogP contribution in [-0.4, -0.2) is 22.4 Å². The molecule has 102 valence electrons. The van der Waals surface area contributed by atoms with Gasteiger partial charge in [-0.2, -0.15) is 5.10 Å². The van der Waals surface area contributed by atoms with E-state index in [9.17, 15) is 0 Å². The van der Waals surface area contributed by atoms with Gasteiger partial charge in [0.05, 0.1) is 0 Å². The molecule has 0 radical (unpaired) electrons. The van der Waals surface area contributed by atoms with Crippen molar-refractivity contribution in [3.05, 3.63) is 18.0 Å². The maximum absolute atomic E-state index is 4.20. The van der Waals surface area contributed by atoms with Gasteiger partial charge in [-0.1, -0.05) is 19.8 Å². The van der Waals surface area contributed by atoms with Crippen molar-refractivity contribution in [3.8, 4) is 0 Å². The first-order chi connectivity index (χ1) is 8.79. The van der Waals surface area contributed by atoms with Crippen molar-refractivity contribution in [1.29, 1.82) is 0 Å². The van der Waals surface area contributed by atoms with Crippen molar-refractivity contribution in [2.75, 3.05) is 6.54 Å². The predicted octanol–water partition coefficient (Wildman–Crippen LogP) is 2.91. The van der Waals surface area contributed by atoms with Gasteiger partial charge in [-0.15, -0.1) is 0 Å².